The first-order valence-electron chi connectivity index (χ1n) is 5.86. The predicted octanol–water partition coefficient (Wildman–Crippen LogP) is 0.858. The van der Waals surface area contributed by atoms with Crippen molar-refractivity contribution >= 4 is 23.0 Å². The summed E-state index contributed by atoms with van der Waals surface area (Å²) in [4.78, 5) is 9.48. The van der Waals surface area contributed by atoms with Gasteiger partial charge in [0.15, 0.2) is 0 Å². The number of aromatic nitrogens is 1. The number of pyridine rings is 1. The molecule has 0 aromatic carbocycles. The number of hydrogen-bond acceptors (Lipinski definition) is 4. The number of likely N-dealkylation sites (N-methyl/N-ethyl adjacent to an activating group) is 1. The normalized spacial score (nSPS) is 17.8. The SMILES string of the molecule is CN1CCCN(c2cc(C(N)=S)ccn2)CC1. The van der Waals surface area contributed by atoms with Crippen molar-refractivity contribution in [2.45, 2.75) is 6.42 Å². The quantitative estimate of drug-likeness (QED) is 0.789. The second-order valence-corrected chi connectivity index (χ2v) is 4.85. The molecule has 1 fully saturated rings. The number of anilines is 1. The summed E-state index contributed by atoms with van der Waals surface area (Å²) in [7, 11) is 2.16. The lowest BCUT2D eigenvalue weighted by atomic mass is 10.2. The van der Waals surface area contributed by atoms with Crippen LogP contribution in [0.25, 0.3) is 0 Å². The van der Waals surface area contributed by atoms with E-state index >= 15 is 0 Å². The Hall–Kier alpha value is -1.20. The lowest BCUT2D eigenvalue weighted by molar-refractivity contribution is 0.360. The lowest BCUT2D eigenvalue weighted by Crippen LogP contribution is -2.29. The molecule has 1 aliphatic rings. The zero-order valence-corrected chi connectivity index (χ0v) is 10.9. The van der Waals surface area contributed by atoms with Crippen molar-refractivity contribution in [3.05, 3.63) is 23.9 Å². The highest BCUT2D eigenvalue weighted by Gasteiger charge is 2.13. The molecule has 1 saturated heterocycles. The van der Waals surface area contributed by atoms with Gasteiger partial charge in [-0.25, -0.2) is 4.98 Å². The van der Waals surface area contributed by atoms with Gasteiger partial charge in [0.1, 0.15) is 10.8 Å². The van der Waals surface area contributed by atoms with E-state index in [1.807, 2.05) is 12.1 Å². The summed E-state index contributed by atoms with van der Waals surface area (Å²) < 4.78 is 0. The highest BCUT2D eigenvalue weighted by Crippen LogP contribution is 2.14. The molecule has 92 valence electrons. The van der Waals surface area contributed by atoms with E-state index in [2.05, 4.69) is 21.8 Å². The summed E-state index contributed by atoms with van der Waals surface area (Å²) in [6, 6.07) is 3.84. The fraction of sp³-hybridized carbons (Fsp3) is 0.500. The first-order chi connectivity index (χ1) is 8.16. The van der Waals surface area contributed by atoms with Gasteiger partial charge in [-0.15, -0.1) is 0 Å². The van der Waals surface area contributed by atoms with Crippen LogP contribution in [0.3, 0.4) is 0 Å². The summed E-state index contributed by atoms with van der Waals surface area (Å²) in [5.74, 6) is 0.977. The van der Waals surface area contributed by atoms with E-state index in [1.54, 1.807) is 6.20 Å². The van der Waals surface area contributed by atoms with Gasteiger partial charge in [-0.05, 0) is 32.1 Å². The Morgan fingerprint density at radius 3 is 2.94 bits per heavy atom. The fourth-order valence-corrected chi connectivity index (χ4v) is 2.15. The maximum Gasteiger partial charge on any atom is 0.129 e. The molecule has 0 aliphatic carbocycles. The standard InChI is InChI=1S/C12H18N4S/c1-15-5-2-6-16(8-7-15)11-9-10(12(13)17)3-4-14-11/h3-4,9H,2,5-8H2,1H3,(H2,13,17). The fourth-order valence-electron chi connectivity index (χ4n) is 2.02. The molecule has 5 heteroatoms. The average molecular weight is 250 g/mol. The van der Waals surface area contributed by atoms with Gasteiger partial charge in [-0.3, -0.25) is 0 Å². The molecule has 2 heterocycles. The Balaban J connectivity index is 2.15. The van der Waals surface area contributed by atoms with Crippen LogP contribution in [0.4, 0.5) is 5.82 Å². The van der Waals surface area contributed by atoms with Crippen LogP contribution in [-0.2, 0) is 0 Å². The van der Waals surface area contributed by atoms with Crippen LogP contribution >= 0.6 is 12.2 Å². The molecular formula is C12H18N4S. The summed E-state index contributed by atoms with van der Waals surface area (Å²) in [5, 5.41) is 0. The van der Waals surface area contributed by atoms with Crippen molar-refractivity contribution in [3.8, 4) is 0 Å². The zero-order chi connectivity index (χ0) is 12.3. The van der Waals surface area contributed by atoms with Gasteiger partial charge in [0.25, 0.3) is 0 Å². The first kappa shape index (κ1) is 12.3. The lowest BCUT2D eigenvalue weighted by Gasteiger charge is -2.21. The highest BCUT2D eigenvalue weighted by molar-refractivity contribution is 7.80. The van der Waals surface area contributed by atoms with E-state index in [-0.39, 0.29) is 0 Å². The molecule has 0 bridgehead atoms. The minimum Gasteiger partial charge on any atom is -0.389 e. The third-order valence-corrected chi connectivity index (χ3v) is 3.31. The summed E-state index contributed by atoms with van der Waals surface area (Å²) >= 11 is 4.99. The van der Waals surface area contributed by atoms with E-state index in [0.29, 0.717) is 4.99 Å². The van der Waals surface area contributed by atoms with Crippen LogP contribution in [0.5, 0.6) is 0 Å². The van der Waals surface area contributed by atoms with Crippen molar-refractivity contribution in [1.82, 2.24) is 9.88 Å². The van der Waals surface area contributed by atoms with Gasteiger partial charge in [-0.1, -0.05) is 12.2 Å². The Morgan fingerprint density at radius 1 is 1.35 bits per heavy atom. The second kappa shape index (κ2) is 5.42. The van der Waals surface area contributed by atoms with Gasteiger partial charge in [-0.2, -0.15) is 0 Å². The smallest absolute Gasteiger partial charge is 0.129 e. The van der Waals surface area contributed by atoms with Crippen LogP contribution < -0.4 is 10.6 Å². The molecule has 1 aliphatic heterocycles. The van der Waals surface area contributed by atoms with Gasteiger partial charge in [0.05, 0.1) is 0 Å². The van der Waals surface area contributed by atoms with Gasteiger partial charge < -0.3 is 15.5 Å². The third kappa shape index (κ3) is 3.14. The van der Waals surface area contributed by atoms with Crippen LogP contribution in [-0.4, -0.2) is 48.1 Å². The predicted molar refractivity (Wildman–Crippen MR) is 74.5 cm³/mol. The number of nitrogens with two attached hydrogens (primary N) is 1. The number of hydrogen-bond donors (Lipinski definition) is 1. The molecule has 1 aromatic heterocycles. The van der Waals surface area contributed by atoms with Gasteiger partial charge >= 0.3 is 0 Å². The monoisotopic (exact) mass is 250 g/mol. The maximum absolute atomic E-state index is 5.64. The largest absolute Gasteiger partial charge is 0.389 e. The summed E-state index contributed by atoms with van der Waals surface area (Å²) in [5.41, 5.74) is 6.53. The third-order valence-electron chi connectivity index (χ3n) is 3.07. The molecule has 4 nitrogen and oxygen atoms in total. The molecule has 2 N–H and O–H groups in total. The Labute approximate surface area is 107 Å². The number of rotatable bonds is 2. The first-order valence-corrected chi connectivity index (χ1v) is 6.27. The van der Waals surface area contributed by atoms with Crippen LogP contribution in [0.15, 0.2) is 18.3 Å². The molecular weight excluding hydrogens is 232 g/mol. The van der Waals surface area contributed by atoms with E-state index < -0.39 is 0 Å². The molecule has 0 spiro atoms. The second-order valence-electron chi connectivity index (χ2n) is 4.41. The minimum absolute atomic E-state index is 0.431. The van der Waals surface area contributed by atoms with E-state index in [9.17, 15) is 0 Å². The molecule has 0 atom stereocenters. The van der Waals surface area contributed by atoms with E-state index in [1.165, 1.54) is 0 Å². The van der Waals surface area contributed by atoms with Crippen molar-refractivity contribution < 1.29 is 0 Å². The molecule has 0 unspecified atom stereocenters. The Morgan fingerprint density at radius 2 is 2.18 bits per heavy atom. The van der Waals surface area contributed by atoms with Crippen molar-refractivity contribution in [1.29, 1.82) is 0 Å². The molecule has 0 saturated carbocycles. The number of thiocarbonyl (C=S) groups is 1. The van der Waals surface area contributed by atoms with Crippen LogP contribution in [0, 0.1) is 0 Å². The van der Waals surface area contributed by atoms with Crippen molar-refractivity contribution in [2.24, 2.45) is 5.73 Å². The van der Waals surface area contributed by atoms with Crippen molar-refractivity contribution in [3.63, 3.8) is 0 Å². The molecule has 17 heavy (non-hydrogen) atoms. The maximum atomic E-state index is 5.64. The summed E-state index contributed by atoms with van der Waals surface area (Å²) in [6.45, 7) is 4.26. The molecule has 0 radical (unpaired) electrons. The Kier molecular flexibility index (Phi) is 3.91. The topological polar surface area (TPSA) is 45.4 Å². The molecule has 1 aromatic rings. The van der Waals surface area contributed by atoms with Gasteiger partial charge in [0, 0.05) is 31.4 Å². The molecule has 0 amide bonds. The molecule has 2 rings (SSSR count). The van der Waals surface area contributed by atoms with E-state index in [4.69, 9.17) is 18.0 Å². The van der Waals surface area contributed by atoms with E-state index in [0.717, 1.165) is 44.0 Å². The minimum atomic E-state index is 0.431. The highest BCUT2D eigenvalue weighted by atomic mass is 32.1. The number of nitrogens with zero attached hydrogens (tertiary/aromatic N) is 3. The average Bonchev–Trinajstić information content (AvgIpc) is 2.54. The van der Waals surface area contributed by atoms with Gasteiger partial charge in [0.2, 0.25) is 0 Å². The van der Waals surface area contributed by atoms with Crippen molar-refractivity contribution in [2.75, 3.05) is 38.1 Å². The summed E-state index contributed by atoms with van der Waals surface area (Å²) in [6.07, 6.45) is 2.94. The zero-order valence-electron chi connectivity index (χ0n) is 10.1. The van der Waals surface area contributed by atoms with Crippen LogP contribution in [0.1, 0.15) is 12.0 Å². The Bertz CT molecular complexity index is 407. The van der Waals surface area contributed by atoms with Crippen LogP contribution in [0.2, 0.25) is 0 Å².